The zero-order chi connectivity index (χ0) is 17.7. The fourth-order valence-corrected chi connectivity index (χ4v) is 2.01. The molecule has 7 heteroatoms. The molecule has 0 bridgehead atoms. The molecule has 0 saturated carbocycles. The normalized spacial score (nSPS) is 9.92. The zero-order valence-corrected chi connectivity index (χ0v) is 12.7. The molecule has 2 rings (SSSR count). The highest BCUT2D eigenvalue weighted by atomic mass is 19.2. The molecule has 5 nitrogen and oxygen atoms in total. The summed E-state index contributed by atoms with van der Waals surface area (Å²) in [6.45, 7) is 0.858. The Kier molecular flexibility index (Phi) is 5.22. The number of benzene rings is 2. The van der Waals surface area contributed by atoms with Crippen molar-refractivity contribution in [2.24, 2.45) is 0 Å². The maximum absolute atomic E-state index is 13.3. The fraction of sp³-hybridized carbons (Fsp3) is 0.118. The van der Waals surface area contributed by atoms with Gasteiger partial charge in [0.25, 0.3) is 0 Å². The molecule has 2 amide bonds. The smallest absolute Gasteiger partial charge is 0.244 e. The first kappa shape index (κ1) is 17.1. The second-order valence-electron chi connectivity index (χ2n) is 4.94. The highest BCUT2D eigenvalue weighted by Gasteiger charge is 2.17. The van der Waals surface area contributed by atoms with Crippen molar-refractivity contribution in [2.75, 3.05) is 16.8 Å². The molecule has 24 heavy (non-hydrogen) atoms. The van der Waals surface area contributed by atoms with Crippen molar-refractivity contribution in [1.29, 1.82) is 5.26 Å². The molecule has 0 aliphatic heterocycles. The highest BCUT2D eigenvalue weighted by molar-refractivity contribution is 6.01. The second-order valence-corrected chi connectivity index (χ2v) is 4.94. The minimum absolute atomic E-state index is 0.0800. The highest BCUT2D eigenvalue weighted by Crippen LogP contribution is 2.18. The van der Waals surface area contributed by atoms with Crippen LogP contribution in [0, 0.1) is 23.0 Å². The van der Waals surface area contributed by atoms with Crippen LogP contribution in [0.25, 0.3) is 0 Å². The molecule has 0 fully saturated rings. The van der Waals surface area contributed by atoms with Crippen molar-refractivity contribution in [3.63, 3.8) is 0 Å². The first-order chi connectivity index (χ1) is 11.4. The van der Waals surface area contributed by atoms with Gasteiger partial charge in [-0.25, -0.2) is 8.78 Å². The average Bonchev–Trinajstić information content (AvgIpc) is 2.56. The number of nitrogens with zero attached hydrogens (tertiary/aromatic N) is 2. The summed E-state index contributed by atoms with van der Waals surface area (Å²) in [6, 6.07) is 11.1. The van der Waals surface area contributed by atoms with Crippen LogP contribution in [-0.4, -0.2) is 18.4 Å². The molecule has 0 radical (unpaired) electrons. The molecule has 0 atom stereocenters. The number of amides is 2. The number of nitriles is 1. The molecule has 0 spiro atoms. The third kappa shape index (κ3) is 4.14. The molecule has 0 aliphatic carbocycles. The van der Waals surface area contributed by atoms with E-state index in [1.54, 1.807) is 12.1 Å². The lowest BCUT2D eigenvalue weighted by atomic mass is 10.2. The van der Waals surface area contributed by atoms with Crippen molar-refractivity contribution in [3.8, 4) is 6.07 Å². The van der Waals surface area contributed by atoms with Crippen LogP contribution in [0.2, 0.25) is 0 Å². The Morgan fingerprint density at radius 2 is 1.79 bits per heavy atom. The summed E-state index contributed by atoms with van der Waals surface area (Å²) in [6.07, 6.45) is 0. The summed E-state index contributed by atoms with van der Waals surface area (Å²) in [7, 11) is 0. The third-order valence-corrected chi connectivity index (χ3v) is 3.19. The van der Waals surface area contributed by atoms with E-state index in [9.17, 15) is 18.4 Å². The summed E-state index contributed by atoms with van der Waals surface area (Å²) in [5, 5.41) is 11.3. The van der Waals surface area contributed by atoms with Crippen LogP contribution in [0.3, 0.4) is 0 Å². The van der Waals surface area contributed by atoms with E-state index in [0.717, 1.165) is 17.0 Å². The van der Waals surface area contributed by atoms with Crippen molar-refractivity contribution in [2.45, 2.75) is 6.92 Å². The lowest BCUT2D eigenvalue weighted by Gasteiger charge is -2.20. The zero-order valence-electron chi connectivity index (χ0n) is 12.7. The molecule has 0 unspecified atom stereocenters. The third-order valence-electron chi connectivity index (χ3n) is 3.19. The molecule has 0 saturated heterocycles. The molecular formula is C17H13F2N3O2. The number of anilines is 2. The number of hydrogen-bond donors (Lipinski definition) is 1. The number of carbonyl (C=O) groups excluding carboxylic acids is 2. The molecule has 1 N–H and O–H groups in total. The van der Waals surface area contributed by atoms with E-state index in [2.05, 4.69) is 5.32 Å². The largest absolute Gasteiger partial charge is 0.325 e. The molecule has 0 aromatic heterocycles. The van der Waals surface area contributed by atoms with Crippen LogP contribution < -0.4 is 10.2 Å². The second kappa shape index (κ2) is 7.33. The van der Waals surface area contributed by atoms with Crippen molar-refractivity contribution in [3.05, 3.63) is 59.7 Å². The number of halogens is 2. The summed E-state index contributed by atoms with van der Waals surface area (Å²) in [5.74, 6) is -3.15. The Hall–Kier alpha value is -3.27. The maximum atomic E-state index is 13.3. The number of nitrogens with one attached hydrogen (secondary N) is 1. The van der Waals surface area contributed by atoms with Crippen LogP contribution in [0.1, 0.15) is 12.5 Å². The first-order valence-electron chi connectivity index (χ1n) is 6.94. The van der Waals surface area contributed by atoms with E-state index in [4.69, 9.17) is 5.26 Å². The predicted octanol–water partition coefficient (Wildman–Crippen LogP) is 2.83. The van der Waals surface area contributed by atoms with E-state index in [0.29, 0.717) is 11.3 Å². The number of rotatable bonds is 4. The van der Waals surface area contributed by atoms with Gasteiger partial charge in [0.1, 0.15) is 6.54 Å². The molecule has 0 heterocycles. The Labute approximate surface area is 137 Å². The minimum atomic E-state index is -1.11. The van der Waals surface area contributed by atoms with Crippen LogP contribution >= 0.6 is 0 Å². The molecule has 122 valence electrons. The summed E-state index contributed by atoms with van der Waals surface area (Å²) in [5.41, 5.74) is 0.976. The first-order valence-corrected chi connectivity index (χ1v) is 6.94. The van der Waals surface area contributed by atoms with Gasteiger partial charge in [-0.3, -0.25) is 9.59 Å². The van der Waals surface area contributed by atoms with Gasteiger partial charge in [0, 0.05) is 24.4 Å². The van der Waals surface area contributed by atoms with Crippen molar-refractivity contribution in [1.82, 2.24) is 0 Å². The Morgan fingerprint density at radius 3 is 2.33 bits per heavy atom. The van der Waals surface area contributed by atoms with Gasteiger partial charge < -0.3 is 10.2 Å². The Morgan fingerprint density at radius 1 is 1.12 bits per heavy atom. The van der Waals surface area contributed by atoms with Crippen LogP contribution in [0.5, 0.6) is 0 Å². The quantitative estimate of drug-likeness (QED) is 0.937. The summed E-state index contributed by atoms with van der Waals surface area (Å²) < 4.78 is 26.3. The molecule has 0 aliphatic rings. The lowest BCUT2D eigenvalue weighted by molar-refractivity contribution is -0.120. The van der Waals surface area contributed by atoms with Gasteiger partial charge in [0.2, 0.25) is 11.8 Å². The van der Waals surface area contributed by atoms with Gasteiger partial charge in [0.15, 0.2) is 11.6 Å². The van der Waals surface area contributed by atoms with E-state index in [1.165, 1.54) is 25.1 Å². The van der Waals surface area contributed by atoms with Crippen molar-refractivity contribution < 1.29 is 18.4 Å². The van der Waals surface area contributed by atoms with Gasteiger partial charge in [-0.05, 0) is 36.4 Å². The van der Waals surface area contributed by atoms with Gasteiger partial charge >= 0.3 is 0 Å². The monoisotopic (exact) mass is 329 g/mol. The summed E-state index contributed by atoms with van der Waals surface area (Å²) in [4.78, 5) is 24.8. The van der Waals surface area contributed by atoms with E-state index in [-0.39, 0.29) is 12.2 Å². The van der Waals surface area contributed by atoms with Gasteiger partial charge in [-0.1, -0.05) is 0 Å². The van der Waals surface area contributed by atoms with E-state index in [1.807, 2.05) is 6.07 Å². The molecular weight excluding hydrogens is 316 g/mol. The van der Waals surface area contributed by atoms with Crippen molar-refractivity contribution >= 4 is 23.2 Å². The standard InChI is InChI=1S/C17H13F2N3O2/c1-11(23)22(14-6-7-15(18)16(19)8-14)10-17(24)21-13-4-2-12(9-20)3-5-13/h2-8H,10H2,1H3,(H,21,24). The van der Waals surface area contributed by atoms with E-state index < -0.39 is 23.4 Å². The summed E-state index contributed by atoms with van der Waals surface area (Å²) >= 11 is 0. The van der Waals surface area contributed by atoms with Crippen LogP contribution in [0.15, 0.2) is 42.5 Å². The maximum Gasteiger partial charge on any atom is 0.244 e. The fourth-order valence-electron chi connectivity index (χ4n) is 2.01. The van der Waals surface area contributed by atoms with Crippen LogP contribution in [-0.2, 0) is 9.59 Å². The number of hydrogen-bond acceptors (Lipinski definition) is 3. The van der Waals surface area contributed by atoms with Crippen LogP contribution in [0.4, 0.5) is 20.2 Å². The number of carbonyl (C=O) groups is 2. The van der Waals surface area contributed by atoms with Gasteiger partial charge in [-0.2, -0.15) is 5.26 Å². The van der Waals surface area contributed by atoms with Gasteiger partial charge in [-0.15, -0.1) is 0 Å². The SMILES string of the molecule is CC(=O)N(CC(=O)Nc1ccc(C#N)cc1)c1ccc(F)c(F)c1. The topological polar surface area (TPSA) is 73.2 Å². The molecule has 2 aromatic carbocycles. The Balaban J connectivity index is 2.12. The van der Waals surface area contributed by atoms with E-state index >= 15 is 0 Å². The lowest BCUT2D eigenvalue weighted by Crippen LogP contribution is -2.36. The molecule has 2 aromatic rings. The minimum Gasteiger partial charge on any atom is -0.325 e. The van der Waals surface area contributed by atoms with Gasteiger partial charge in [0.05, 0.1) is 11.6 Å². The average molecular weight is 329 g/mol. The predicted molar refractivity (Wildman–Crippen MR) is 84.2 cm³/mol. The Bertz CT molecular complexity index is 814.